The van der Waals surface area contributed by atoms with E-state index in [1.165, 1.54) is 43.8 Å². The van der Waals surface area contributed by atoms with E-state index in [1.54, 1.807) is 0 Å². The van der Waals surface area contributed by atoms with E-state index in [0.29, 0.717) is 0 Å². The van der Waals surface area contributed by atoms with Crippen molar-refractivity contribution in [2.75, 3.05) is 0 Å². The Morgan fingerprint density at radius 2 is 1.21 bits per heavy atom. The van der Waals surface area contributed by atoms with Gasteiger partial charge in [-0.3, -0.25) is 9.55 Å². The lowest BCUT2D eigenvalue weighted by molar-refractivity contribution is 0.588. The molecule has 0 aliphatic rings. The summed E-state index contributed by atoms with van der Waals surface area (Å²) in [4.78, 5) is 9.68. The van der Waals surface area contributed by atoms with Crippen molar-refractivity contribution in [3.8, 4) is 33.9 Å². The average molecular weight is 619 g/mol. The molecule has 0 saturated heterocycles. The van der Waals surface area contributed by atoms with Crippen LogP contribution in [0.25, 0.3) is 77.5 Å². The monoisotopic (exact) mass is 618 g/mol. The van der Waals surface area contributed by atoms with E-state index in [1.807, 2.05) is 24.5 Å². The highest BCUT2D eigenvalue weighted by Gasteiger charge is 2.21. The maximum atomic E-state index is 5.02. The zero-order chi connectivity index (χ0) is 32.4. The number of fused-ring (bicyclic) bond motifs is 6. The van der Waals surface area contributed by atoms with E-state index >= 15 is 0 Å². The van der Waals surface area contributed by atoms with Crippen molar-refractivity contribution in [2.24, 2.45) is 0 Å². The number of pyridine rings is 2. The van der Waals surface area contributed by atoms with Gasteiger partial charge in [0.2, 0.25) is 0 Å². The van der Waals surface area contributed by atoms with Gasteiger partial charge in [0, 0.05) is 50.8 Å². The predicted octanol–water partition coefficient (Wildman–Crippen LogP) is 11.3. The second-order valence-electron chi connectivity index (χ2n) is 13.6. The molecule has 9 aromatic rings. The molecule has 0 radical (unpaired) electrons. The molecule has 5 aromatic carbocycles. The van der Waals surface area contributed by atoms with Crippen LogP contribution in [0.2, 0.25) is 0 Å². The van der Waals surface area contributed by atoms with Crippen LogP contribution >= 0.6 is 0 Å². The van der Waals surface area contributed by atoms with Crippen molar-refractivity contribution in [3.05, 3.63) is 157 Å². The maximum Gasteiger partial charge on any atom is 0.137 e. The first kappa shape index (κ1) is 28.2. The number of rotatable bonds is 4. The molecule has 4 heteroatoms. The molecule has 0 N–H and O–H groups in total. The molecule has 230 valence electrons. The van der Waals surface area contributed by atoms with Crippen LogP contribution in [-0.4, -0.2) is 19.1 Å². The minimum absolute atomic E-state index is 0.0157. The molecule has 48 heavy (non-hydrogen) atoms. The number of hydrogen-bond acceptors (Lipinski definition) is 2. The van der Waals surface area contributed by atoms with Crippen molar-refractivity contribution in [1.82, 2.24) is 19.1 Å². The first-order valence-electron chi connectivity index (χ1n) is 16.5. The van der Waals surface area contributed by atoms with Gasteiger partial charge in [-0.1, -0.05) is 112 Å². The quantitative estimate of drug-likeness (QED) is 0.197. The van der Waals surface area contributed by atoms with Crippen LogP contribution in [0.4, 0.5) is 0 Å². The molecule has 4 nitrogen and oxygen atoms in total. The van der Waals surface area contributed by atoms with Crippen LogP contribution < -0.4 is 0 Å². The fraction of sp³-hybridized carbons (Fsp3) is 0.0909. The van der Waals surface area contributed by atoms with Gasteiger partial charge >= 0.3 is 0 Å². The lowest BCUT2D eigenvalue weighted by Crippen LogP contribution is -2.12. The minimum Gasteiger partial charge on any atom is -0.309 e. The highest BCUT2D eigenvalue weighted by molar-refractivity contribution is 6.15. The summed E-state index contributed by atoms with van der Waals surface area (Å²) in [6.07, 6.45) is 3.81. The fourth-order valence-electron chi connectivity index (χ4n) is 7.23. The predicted molar refractivity (Wildman–Crippen MR) is 200 cm³/mol. The number of benzene rings is 5. The van der Waals surface area contributed by atoms with Crippen LogP contribution in [0.15, 0.2) is 152 Å². The van der Waals surface area contributed by atoms with Gasteiger partial charge in [0.05, 0.1) is 27.8 Å². The molecule has 4 aromatic heterocycles. The molecule has 0 spiro atoms. The van der Waals surface area contributed by atoms with Gasteiger partial charge in [-0.05, 0) is 65.1 Å². The van der Waals surface area contributed by atoms with Crippen LogP contribution in [-0.2, 0) is 5.41 Å². The highest BCUT2D eigenvalue weighted by Crippen LogP contribution is 2.41. The molecule has 4 heterocycles. The number of hydrogen-bond donors (Lipinski definition) is 0. The summed E-state index contributed by atoms with van der Waals surface area (Å²) in [7, 11) is 0. The molecule has 0 saturated carbocycles. The van der Waals surface area contributed by atoms with Crippen LogP contribution in [0, 0.1) is 0 Å². The topological polar surface area (TPSA) is 35.6 Å². The van der Waals surface area contributed by atoms with Crippen molar-refractivity contribution in [1.29, 1.82) is 0 Å². The molecule has 0 amide bonds. The Morgan fingerprint density at radius 1 is 0.479 bits per heavy atom. The van der Waals surface area contributed by atoms with E-state index in [2.05, 4.69) is 162 Å². The Balaban J connectivity index is 1.38. The molecular weight excluding hydrogens is 585 g/mol. The van der Waals surface area contributed by atoms with E-state index in [4.69, 9.17) is 4.98 Å². The third-order valence-corrected chi connectivity index (χ3v) is 9.59. The van der Waals surface area contributed by atoms with E-state index < -0.39 is 0 Å². The number of aromatic nitrogens is 4. The van der Waals surface area contributed by atoms with Crippen LogP contribution in [0.5, 0.6) is 0 Å². The zero-order valence-electron chi connectivity index (χ0n) is 27.2. The lowest BCUT2D eigenvalue weighted by Gasteiger charge is -2.20. The Bertz CT molecular complexity index is 2640. The Hall–Kier alpha value is -6.00. The van der Waals surface area contributed by atoms with Gasteiger partial charge < -0.3 is 4.57 Å². The fourth-order valence-corrected chi connectivity index (χ4v) is 7.23. The first-order chi connectivity index (χ1) is 23.5. The second-order valence-corrected chi connectivity index (χ2v) is 13.6. The normalized spacial score (nSPS) is 12.1. The summed E-state index contributed by atoms with van der Waals surface area (Å²) in [6.45, 7) is 6.77. The molecule has 9 rings (SSSR count). The SMILES string of the molecule is CC(C)(C)c1ccnc(-n2c3cc(-n4c5ccccc5c5ccc(-c6ccccn6)cc54)ccc3c3cccc(-c4ccccc4)c32)c1. The van der Waals surface area contributed by atoms with Gasteiger partial charge in [-0.2, -0.15) is 0 Å². The average Bonchev–Trinajstić information content (AvgIpc) is 3.64. The molecule has 0 aliphatic carbocycles. The van der Waals surface area contributed by atoms with Crippen LogP contribution in [0.1, 0.15) is 26.3 Å². The standard InChI is InChI=1S/C44H34N4/c1-44(2,3)31-23-25-46-42(27-31)48-41-28-32(20-22-36(41)37-16-11-15-33(43(37)48)29-12-5-4-6-13-29)47-39-18-8-7-14-34(39)35-21-19-30(26-40(35)47)38-17-9-10-24-45-38/h4-28H,1-3H3. The van der Waals surface area contributed by atoms with Crippen molar-refractivity contribution in [3.63, 3.8) is 0 Å². The second kappa shape index (κ2) is 10.8. The molecule has 0 bridgehead atoms. The van der Waals surface area contributed by atoms with E-state index in [0.717, 1.165) is 39.3 Å². The van der Waals surface area contributed by atoms with Gasteiger partial charge in [0.25, 0.3) is 0 Å². The molecule has 0 unspecified atom stereocenters. The summed E-state index contributed by atoms with van der Waals surface area (Å²) in [6, 6.07) is 50.1. The summed E-state index contributed by atoms with van der Waals surface area (Å²) in [5.41, 5.74) is 11.4. The number of para-hydroxylation sites is 2. The molecule has 0 fully saturated rings. The van der Waals surface area contributed by atoms with Gasteiger partial charge in [-0.15, -0.1) is 0 Å². The lowest BCUT2D eigenvalue weighted by atomic mass is 9.88. The largest absolute Gasteiger partial charge is 0.309 e. The molecule has 0 aliphatic heterocycles. The van der Waals surface area contributed by atoms with Gasteiger partial charge in [-0.25, -0.2) is 4.98 Å². The zero-order valence-corrected chi connectivity index (χ0v) is 27.2. The Kier molecular flexibility index (Phi) is 6.34. The minimum atomic E-state index is -0.0157. The van der Waals surface area contributed by atoms with Gasteiger partial charge in [0.15, 0.2) is 0 Å². The summed E-state index contributed by atoms with van der Waals surface area (Å²) in [5.74, 6) is 0.919. The molecular formula is C44H34N4. The van der Waals surface area contributed by atoms with Crippen LogP contribution in [0.3, 0.4) is 0 Å². The summed E-state index contributed by atoms with van der Waals surface area (Å²) >= 11 is 0. The summed E-state index contributed by atoms with van der Waals surface area (Å²) < 4.78 is 4.77. The van der Waals surface area contributed by atoms with E-state index in [9.17, 15) is 0 Å². The Morgan fingerprint density at radius 3 is 2.04 bits per heavy atom. The third-order valence-electron chi connectivity index (χ3n) is 9.59. The maximum absolute atomic E-state index is 5.02. The third kappa shape index (κ3) is 4.44. The highest BCUT2D eigenvalue weighted by atomic mass is 15.1. The van der Waals surface area contributed by atoms with Crippen molar-refractivity contribution < 1.29 is 0 Å². The van der Waals surface area contributed by atoms with Crippen molar-refractivity contribution >= 4 is 43.6 Å². The Labute approximate surface area is 279 Å². The molecule has 0 atom stereocenters. The van der Waals surface area contributed by atoms with E-state index in [-0.39, 0.29) is 5.41 Å². The summed E-state index contributed by atoms with van der Waals surface area (Å²) in [5, 5.41) is 4.86. The first-order valence-corrected chi connectivity index (χ1v) is 16.5. The van der Waals surface area contributed by atoms with Crippen molar-refractivity contribution in [2.45, 2.75) is 26.2 Å². The smallest absolute Gasteiger partial charge is 0.137 e. The van der Waals surface area contributed by atoms with Gasteiger partial charge in [0.1, 0.15) is 5.82 Å². The number of nitrogens with zero attached hydrogens (tertiary/aromatic N) is 4.